The van der Waals surface area contributed by atoms with Crippen molar-refractivity contribution in [3.8, 4) is 0 Å². The van der Waals surface area contributed by atoms with Crippen molar-refractivity contribution in [1.29, 1.82) is 0 Å². The topological polar surface area (TPSA) is 12.0 Å². The molecule has 94 valence electrons. The van der Waals surface area contributed by atoms with E-state index in [4.69, 9.17) is 11.6 Å². The molecule has 3 heteroatoms. The second-order valence-corrected chi connectivity index (χ2v) is 5.58. The van der Waals surface area contributed by atoms with Crippen molar-refractivity contribution < 1.29 is 4.39 Å². The monoisotopic (exact) mass is 255 g/mol. The van der Waals surface area contributed by atoms with E-state index in [1.807, 2.05) is 0 Å². The van der Waals surface area contributed by atoms with E-state index < -0.39 is 0 Å². The summed E-state index contributed by atoms with van der Waals surface area (Å²) in [6.45, 7) is 4.37. The zero-order valence-corrected chi connectivity index (χ0v) is 11.1. The predicted octanol–water partition coefficient (Wildman–Crippen LogP) is 4.32. The molecule has 0 saturated heterocycles. The molecule has 0 spiro atoms. The number of hydrogen-bond acceptors (Lipinski definition) is 1. The molecule has 0 radical (unpaired) electrons. The lowest BCUT2D eigenvalue weighted by Gasteiger charge is -2.20. The summed E-state index contributed by atoms with van der Waals surface area (Å²) in [5.74, 6) is 0.531. The Labute approximate surface area is 107 Å². The normalized spacial score (nSPS) is 26.1. The van der Waals surface area contributed by atoms with Crippen molar-refractivity contribution >= 4 is 11.6 Å². The van der Waals surface area contributed by atoms with Gasteiger partial charge in [0.2, 0.25) is 0 Å². The zero-order chi connectivity index (χ0) is 12.4. The number of hydrogen-bond donors (Lipinski definition) is 1. The summed E-state index contributed by atoms with van der Waals surface area (Å²) >= 11 is 6.06. The molecule has 0 heterocycles. The summed E-state index contributed by atoms with van der Waals surface area (Å²) in [5, 5.41) is 4.09. The fourth-order valence-electron chi connectivity index (χ4n) is 2.65. The van der Waals surface area contributed by atoms with Gasteiger partial charge in [0.25, 0.3) is 0 Å². The fourth-order valence-corrected chi connectivity index (χ4v) is 2.99. The molecule has 1 aliphatic carbocycles. The van der Waals surface area contributed by atoms with Crippen LogP contribution in [0.5, 0.6) is 0 Å². The Morgan fingerprint density at radius 3 is 2.76 bits per heavy atom. The van der Waals surface area contributed by atoms with Crippen LogP contribution in [-0.2, 0) is 0 Å². The van der Waals surface area contributed by atoms with Crippen LogP contribution in [0.1, 0.15) is 44.7 Å². The van der Waals surface area contributed by atoms with E-state index in [9.17, 15) is 4.39 Å². The van der Waals surface area contributed by atoms with Crippen molar-refractivity contribution in [2.75, 3.05) is 0 Å². The lowest BCUT2D eigenvalue weighted by molar-refractivity contribution is 0.449. The minimum Gasteiger partial charge on any atom is -0.307 e. The maximum atomic E-state index is 13.0. The van der Waals surface area contributed by atoms with Crippen LogP contribution in [0.3, 0.4) is 0 Å². The Morgan fingerprint density at radius 1 is 1.41 bits per heavy atom. The van der Waals surface area contributed by atoms with Crippen molar-refractivity contribution in [3.05, 3.63) is 34.6 Å². The third-order valence-electron chi connectivity index (χ3n) is 3.61. The van der Waals surface area contributed by atoms with E-state index in [-0.39, 0.29) is 11.9 Å². The summed E-state index contributed by atoms with van der Waals surface area (Å²) in [7, 11) is 0. The smallest absolute Gasteiger partial charge is 0.124 e. The Bertz CT molecular complexity index is 394. The SMILES string of the molecule is CC1CCC(NC(C)c2ccc(F)cc2Cl)C1. The highest BCUT2D eigenvalue weighted by molar-refractivity contribution is 6.31. The van der Waals surface area contributed by atoms with Crippen molar-refractivity contribution in [3.63, 3.8) is 0 Å². The first kappa shape index (κ1) is 12.8. The number of halogens is 2. The van der Waals surface area contributed by atoms with Crippen LogP contribution < -0.4 is 5.32 Å². The first-order valence-electron chi connectivity index (χ1n) is 6.27. The van der Waals surface area contributed by atoms with E-state index in [1.165, 1.54) is 31.4 Å². The van der Waals surface area contributed by atoms with Gasteiger partial charge in [-0.1, -0.05) is 24.6 Å². The van der Waals surface area contributed by atoms with Gasteiger partial charge >= 0.3 is 0 Å². The lowest BCUT2D eigenvalue weighted by Crippen LogP contribution is -2.29. The van der Waals surface area contributed by atoms with Gasteiger partial charge in [-0.25, -0.2) is 4.39 Å². The van der Waals surface area contributed by atoms with Gasteiger partial charge < -0.3 is 5.32 Å². The van der Waals surface area contributed by atoms with Crippen LogP contribution in [0.2, 0.25) is 5.02 Å². The van der Waals surface area contributed by atoms with E-state index in [2.05, 4.69) is 19.2 Å². The average molecular weight is 256 g/mol. The van der Waals surface area contributed by atoms with E-state index in [1.54, 1.807) is 6.07 Å². The predicted molar refractivity (Wildman–Crippen MR) is 69.8 cm³/mol. The second kappa shape index (κ2) is 5.36. The Hall–Kier alpha value is -0.600. The first-order valence-corrected chi connectivity index (χ1v) is 6.65. The molecule has 1 aromatic carbocycles. The van der Waals surface area contributed by atoms with Gasteiger partial charge in [0.1, 0.15) is 5.82 Å². The molecule has 1 N–H and O–H groups in total. The minimum absolute atomic E-state index is 0.179. The third-order valence-corrected chi connectivity index (χ3v) is 3.94. The summed E-state index contributed by atoms with van der Waals surface area (Å²) in [4.78, 5) is 0. The number of benzene rings is 1. The van der Waals surface area contributed by atoms with Gasteiger partial charge in [-0.05, 0) is 49.8 Å². The molecule has 1 fully saturated rings. The first-order chi connectivity index (χ1) is 8.06. The molecule has 1 aliphatic rings. The zero-order valence-electron chi connectivity index (χ0n) is 10.3. The third kappa shape index (κ3) is 3.20. The van der Waals surface area contributed by atoms with Crippen LogP contribution in [0.15, 0.2) is 18.2 Å². The molecular formula is C14H19ClFN. The number of rotatable bonds is 3. The Kier molecular flexibility index (Phi) is 4.05. The van der Waals surface area contributed by atoms with E-state index >= 15 is 0 Å². The highest BCUT2D eigenvalue weighted by Crippen LogP contribution is 2.29. The van der Waals surface area contributed by atoms with Crippen LogP contribution in [-0.4, -0.2) is 6.04 Å². The molecule has 0 bridgehead atoms. The van der Waals surface area contributed by atoms with Gasteiger partial charge in [-0.3, -0.25) is 0 Å². The molecule has 1 saturated carbocycles. The summed E-state index contributed by atoms with van der Waals surface area (Å²) < 4.78 is 13.0. The van der Waals surface area contributed by atoms with Crippen molar-refractivity contribution in [2.24, 2.45) is 5.92 Å². The van der Waals surface area contributed by atoms with Gasteiger partial charge in [-0.2, -0.15) is 0 Å². The Balaban J connectivity index is 2.01. The Morgan fingerprint density at radius 2 is 2.18 bits per heavy atom. The van der Waals surface area contributed by atoms with Crippen LogP contribution in [0, 0.1) is 11.7 Å². The minimum atomic E-state index is -0.277. The molecule has 1 aromatic rings. The van der Waals surface area contributed by atoms with Gasteiger partial charge in [0.05, 0.1) is 0 Å². The summed E-state index contributed by atoms with van der Waals surface area (Å²) in [6, 6.07) is 5.37. The molecule has 0 aliphatic heterocycles. The molecule has 3 atom stereocenters. The largest absolute Gasteiger partial charge is 0.307 e. The van der Waals surface area contributed by atoms with Gasteiger partial charge in [-0.15, -0.1) is 0 Å². The summed E-state index contributed by atoms with van der Waals surface area (Å²) in [6.07, 6.45) is 3.75. The highest BCUT2D eigenvalue weighted by atomic mass is 35.5. The average Bonchev–Trinajstić information content (AvgIpc) is 2.63. The lowest BCUT2D eigenvalue weighted by atomic mass is 10.1. The van der Waals surface area contributed by atoms with E-state index in [0.717, 1.165) is 11.5 Å². The summed E-state index contributed by atoms with van der Waals surface area (Å²) in [5.41, 5.74) is 0.979. The molecule has 2 rings (SSSR count). The van der Waals surface area contributed by atoms with E-state index in [0.29, 0.717) is 11.1 Å². The van der Waals surface area contributed by atoms with Crippen LogP contribution in [0.4, 0.5) is 4.39 Å². The quantitative estimate of drug-likeness (QED) is 0.848. The fraction of sp³-hybridized carbons (Fsp3) is 0.571. The second-order valence-electron chi connectivity index (χ2n) is 5.17. The van der Waals surface area contributed by atoms with Crippen LogP contribution >= 0.6 is 11.6 Å². The number of nitrogens with one attached hydrogen (secondary N) is 1. The van der Waals surface area contributed by atoms with Crippen molar-refractivity contribution in [2.45, 2.75) is 45.2 Å². The molecule has 0 aromatic heterocycles. The van der Waals surface area contributed by atoms with Gasteiger partial charge in [0.15, 0.2) is 0 Å². The standard InChI is InChI=1S/C14H19ClFN/c1-9-3-5-12(7-9)17-10(2)13-6-4-11(16)8-14(13)15/h4,6,8-10,12,17H,3,5,7H2,1-2H3. The molecule has 17 heavy (non-hydrogen) atoms. The molecular weight excluding hydrogens is 237 g/mol. The van der Waals surface area contributed by atoms with Crippen LogP contribution in [0.25, 0.3) is 0 Å². The maximum absolute atomic E-state index is 13.0. The molecule has 3 unspecified atom stereocenters. The highest BCUT2D eigenvalue weighted by Gasteiger charge is 2.23. The van der Waals surface area contributed by atoms with Gasteiger partial charge in [0, 0.05) is 17.1 Å². The molecule has 1 nitrogen and oxygen atoms in total. The maximum Gasteiger partial charge on any atom is 0.124 e. The van der Waals surface area contributed by atoms with Crippen molar-refractivity contribution in [1.82, 2.24) is 5.32 Å². The molecule has 0 amide bonds.